The van der Waals surface area contributed by atoms with E-state index in [0.717, 1.165) is 37.9 Å². The minimum absolute atomic E-state index is 0.902. The number of aryl methyl sites for hydroxylation is 1. The molecule has 0 spiro atoms. The van der Waals surface area contributed by atoms with Crippen LogP contribution in [0, 0.1) is 12.8 Å². The number of nitrogens with zero attached hydrogens (tertiary/aromatic N) is 2. The van der Waals surface area contributed by atoms with Crippen LogP contribution in [0.25, 0.3) is 0 Å². The minimum Gasteiger partial charge on any atom is -0.357 e. The maximum Gasteiger partial charge on any atom is 0.191 e. The van der Waals surface area contributed by atoms with Crippen LogP contribution in [-0.2, 0) is 6.42 Å². The van der Waals surface area contributed by atoms with E-state index in [2.05, 4.69) is 35.5 Å². The molecule has 0 aliphatic heterocycles. The van der Waals surface area contributed by atoms with Crippen LogP contribution in [0.5, 0.6) is 0 Å². The van der Waals surface area contributed by atoms with E-state index < -0.39 is 0 Å². The first-order valence-corrected chi connectivity index (χ1v) is 9.21. The van der Waals surface area contributed by atoms with E-state index in [0.29, 0.717) is 0 Å². The van der Waals surface area contributed by atoms with Crippen molar-refractivity contribution >= 4 is 5.96 Å². The van der Waals surface area contributed by atoms with Gasteiger partial charge < -0.3 is 10.6 Å². The molecule has 1 aromatic rings. The molecule has 4 heteroatoms. The molecule has 1 saturated carbocycles. The Morgan fingerprint density at radius 2 is 2.13 bits per heavy atom. The van der Waals surface area contributed by atoms with Crippen molar-refractivity contribution in [3.05, 3.63) is 29.6 Å². The smallest absolute Gasteiger partial charge is 0.191 e. The highest BCUT2D eigenvalue weighted by atomic mass is 15.2. The lowest BCUT2D eigenvalue weighted by Gasteiger charge is -2.12. The second-order valence-corrected chi connectivity index (χ2v) is 6.53. The van der Waals surface area contributed by atoms with Gasteiger partial charge in [0.2, 0.25) is 0 Å². The number of aliphatic imine (C=N–C) groups is 1. The monoisotopic (exact) mass is 316 g/mol. The SMILES string of the molecule is CCNC(=NCCCC1CCCC1)NCCc1ccncc1C. The number of guanidine groups is 1. The van der Waals surface area contributed by atoms with Gasteiger partial charge in [-0.25, -0.2) is 0 Å². The van der Waals surface area contributed by atoms with Gasteiger partial charge in [0.25, 0.3) is 0 Å². The Labute approximate surface area is 141 Å². The molecule has 2 rings (SSSR count). The van der Waals surface area contributed by atoms with Gasteiger partial charge in [-0.2, -0.15) is 0 Å². The third kappa shape index (κ3) is 6.59. The molecule has 1 aliphatic carbocycles. The predicted molar refractivity (Wildman–Crippen MR) is 97.9 cm³/mol. The molecule has 0 aromatic carbocycles. The van der Waals surface area contributed by atoms with Crippen molar-refractivity contribution in [2.45, 2.75) is 58.8 Å². The molecule has 1 aliphatic rings. The van der Waals surface area contributed by atoms with E-state index in [1.54, 1.807) is 0 Å². The van der Waals surface area contributed by atoms with Gasteiger partial charge in [0.1, 0.15) is 0 Å². The Kier molecular flexibility index (Phi) is 7.91. The predicted octanol–water partition coefficient (Wildman–Crippen LogP) is 3.46. The molecule has 0 saturated heterocycles. The van der Waals surface area contributed by atoms with Gasteiger partial charge in [-0.1, -0.05) is 25.7 Å². The Morgan fingerprint density at radius 3 is 2.87 bits per heavy atom. The fourth-order valence-electron chi connectivity index (χ4n) is 3.31. The van der Waals surface area contributed by atoms with Crippen LogP contribution < -0.4 is 10.6 Å². The molecule has 128 valence electrons. The Morgan fingerprint density at radius 1 is 1.30 bits per heavy atom. The highest BCUT2D eigenvalue weighted by Gasteiger charge is 2.13. The van der Waals surface area contributed by atoms with Gasteiger partial charge in [0.15, 0.2) is 5.96 Å². The van der Waals surface area contributed by atoms with Gasteiger partial charge in [-0.3, -0.25) is 9.98 Å². The number of nitrogens with one attached hydrogen (secondary N) is 2. The van der Waals surface area contributed by atoms with Crippen LogP contribution in [0.1, 0.15) is 56.6 Å². The summed E-state index contributed by atoms with van der Waals surface area (Å²) in [6, 6.07) is 2.10. The van der Waals surface area contributed by atoms with Crippen LogP contribution in [0.2, 0.25) is 0 Å². The van der Waals surface area contributed by atoms with Gasteiger partial charge in [-0.15, -0.1) is 0 Å². The average molecular weight is 316 g/mol. The third-order valence-electron chi connectivity index (χ3n) is 4.68. The summed E-state index contributed by atoms with van der Waals surface area (Å²) >= 11 is 0. The van der Waals surface area contributed by atoms with Gasteiger partial charge in [0.05, 0.1) is 0 Å². The molecule has 1 heterocycles. The van der Waals surface area contributed by atoms with Gasteiger partial charge in [0, 0.05) is 32.0 Å². The van der Waals surface area contributed by atoms with E-state index >= 15 is 0 Å². The Bertz CT molecular complexity index is 478. The van der Waals surface area contributed by atoms with Crippen molar-refractivity contribution in [3.8, 4) is 0 Å². The maximum absolute atomic E-state index is 4.71. The van der Waals surface area contributed by atoms with E-state index in [-0.39, 0.29) is 0 Å². The molecule has 1 fully saturated rings. The zero-order valence-corrected chi connectivity index (χ0v) is 14.8. The van der Waals surface area contributed by atoms with Crippen molar-refractivity contribution in [2.75, 3.05) is 19.6 Å². The van der Waals surface area contributed by atoms with E-state index in [1.807, 2.05) is 12.4 Å². The highest BCUT2D eigenvalue weighted by molar-refractivity contribution is 5.79. The quantitative estimate of drug-likeness (QED) is 0.439. The second kappa shape index (κ2) is 10.2. The summed E-state index contributed by atoms with van der Waals surface area (Å²) in [5.74, 6) is 1.92. The van der Waals surface area contributed by atoms with Crippen LogP contribution in [0.4, 0.5) is 0 Å². The molecule has 0 unspecified atom stereocenters. The Balaban J connectivity index is 1.69. The molecule has 23 heavy (non-hydrogen) atoms. The number of aromatic nitrogens is 1. The van der Waals surface area contributed by atoms with Crippen molar-refractivity contribution in [1.29, 1.82) is 0 Å². The van der Waals surface area contributed by atoms with Crippen molar-refractivity contribution in [2.24, 2.45) is 10.9 Å². The summed E-state index contributed by atoms with van der Waals surface area (Å²) in [4.78, 5) is 8.85. The number of hydrogen-bond acceptors (Lipinski definition) is 2. The number of rotatable bonds is 8. The molecule has 0 radical (unpaired) electrons. The maximum atomic E-state index is 4.71. The lowest BCUT2D eigenvalue weighted by molar-refractivity contribution is 0.487. The second-order valence-electron chi connectivity index (χ2n) is 6.53. The van der Waals surface area contributed by atoms with Crippen LogP contribution >= 0.6 is 0 Å². The topological polar surface area (TPSA) is 49.3 Å². The first-order valence-electron chi connectivity index (χ1n) is 9.21. The summed E-state index contributed by atoms with van der Waals surface area (Å²) in [6.45, 7) is 6.97. The Hall–Kier alpha value is -1.58. The van der Waals surface area contributed by atoms with Crippen molar-refractivity contribution in [3.63, 3.8) is 0 Å². The van der Waals surface area contributed by atoms with Crippen molar-refractivity contribution in [1.82, 2.24) is 15.6 Å². The first kappa shape index (κ1) is 17.8. The summed E-state index contributed by atoms with van der Waals surface area (Å²) < 4.78 is 0. The molecule has 0 bridgehead atoms. The standard InChI is InChI=1S/C19H32N4/c1-3-21-19(22-12-6-9-17-7-4-5-8-17)23-14-11-18-10-13-20-15-16(18)2/h10,13,15,17H,3-9,11-12,14H2,1-2H3,(H2,21,22,23). The van der Waals surface area contributed by atoms with Crippen LogP contribution in [0.15, 0.2) is 23.5 Å². The van der Waals surface area contributed by atoms with E-state index in [4.69, 9.17) is 4.99 Å². The summed E-state index contributed by atoms with van der Waals surface area (Å²) in [7, 11) is 0. The molecule has 4 nitrogen and oxygen atoms in total. The van der Waals surface area contributed by atoms with Crippen molar-refractivity contribution < 1.29 is 0 Å². The summed E-state index contributed by atoms with van der Waals surface area (Å²) in [5, 5.41) is 6.78. The fourth-order valence-corrected chi connectivity index (χ4v) is 3.31. The van der Waals surface area contributed by atoms with Crippen LogP contribution in [0.3, 0.4) is 0 Å². The largest absolute Gasteiger partial charge is 0.357 e. The van der Waals surface area contributed by atoms with Gasteiger partial charge in [-0.05, 0) is 56.2 Å². The summed E-state index contributed by atoms with van der Waals surface area (Å²) in [6.07, 6.45) is 13.1. The molecule has 1 aromatic heterocycles. The zero-order chi connectivity index (χ0) is 16.3. The molecule has 0 amide bonds. The van der Waals surface area contributed by atoms with E-state index in [9.17, 15) is 0 Å². The van der Waals surface area contributed by atoms with Gasteiger partial charge >= 0.3 is 0 Å². The average Bonchev–Trinajstić information content (AvgIpc) is 3.06. The summed E-state index contributed by atoms with van der Waals surface area (Å²) in [5.41, 5.74) is 2.61. The minimum atomic E-state index is 0.902. The lowest BCUT2D eigenvalue weighted by atomic mass is 10.0. The highest BCUT2D eigenvalue weighted by Crippen LogP contribution is 2.28. The zero-order valence-electron chi connectivity index (χ0n) is 14.8. The lowest BCUT2D eigenvalue weighted by Crippen LogP contribution is -2.38. The molecule has 0 atom stereocenters. The molecular formula is C19H32N4. The van der Waals surface area contributed by atoms with Crippen LogP contribution in [-0.4, -0.2) is 30.6 Å². The number of pyridine rings is 1. The number of hydrogen-bond donors (Lipinski definition) is 2. The van der Waals surface area contributed by atoms with E-state index in [1.165, 1.54) is 49.7 Å². The normalized spacial score (nSPS) is 15.8. The first-order chi connectivity index (χ1) is 11.3. The fraction of sp³-hybridized carbons (Fsp3) is 0.684. The molecular weight excluding hydrogens is 284 g/mol. The third-order valence-corrected chi connectivity index (χ3v) is 4.68. The molecule has 2 N–H and O–H groups in total.